The molecule has 0 radical (unpaired) electrons. The minimum Gasteiger partial charge on any atom is -0.380 e. The van der Waals surface area contributed by atoms with Crippen LogP contribution in [0.4, 0.5) is 0 Å². The number of rotatable bonds is 10. The molecule has 0 unspecified atom stereocenters. The molecule has 0 bridgehead atoms. The van der Waals surface area contributed by atoms with Crippen molar-refractivity contribution in [2.45, 2.75) is 40.2 Å². The Hall–Kier alpha value is -1.82. The fraction of sp³-hybridized carbons (Fsp3) is 0.647. The van der Waals surface area contributed by atoms with E-state index in [4.69, 9.17) is 4.74 Å². The molecule has 6 heteroatoms. The molecular weight excluding hydrogens is 292 g/mol. The highest BCUT2D eigenvalue weighted by Crippen LogP contribution is 1.98. The van der Waals surface area contributed by atoms with E-state index in [0.717, 1.165) is 57.3 Å². The van der Waals surface area contributed by atoms with Crippen molar-refractivity contribution in [2.24, 2.45) is 4.99 Å². The van der Waals surface area contributed by atoms with Crippen LogP contribution in [0.2, 0.25) is 0 Å². The number of pyridine rings is 1. The van der Waals surface area contributed by atoms with Crippen molar-refractivity contribution in [2.75, 3.05) is 32.8 Å². The molecule has 0 fully saturated rings. The summed E-state index contributed by atoms with van der Waals surface area (Å²) in [6.45, 7) is 10.5. The Balaban J connectivity index is 2.32. The summed E-state index contributed by atoms with van der Waals surface area (Å²) < 4.78 is 7.11. The summed E-state index contributed by atoms with van der Waals surface area (Å²) in [6.07, 6.45) is 1.88. The second-order valence-corrected chi connectivity index (χ2v) is 5.25. The first-order valence-corrected chi connectivity index (χ1v) is 8.45. The molecule has 1 aromatic rings. The zero-order valence-electron chi connectivity index (χ0n) is 14.6. The third-order valence-corrected chi connectivity index (χ3v) is 3.41. The maximum atomic E-state index is 11.8. The van der Waals surface area contributed by atoms with Gasteiger partial charge in [0, 0.05) is 44.5 Å². The van der Waals surface area contributed by atoms with E-state index in [0.29, 0.717) is 6.61 Å². The third kappa shape index (κ3) is 7.83. The normalized spacial score (nSPS) is 11.5. The lowest BCUT2D eigenvalue weighted by Gasteiger charge is -2.11. The van der Waals surface area contributed by atoms with Gasteiger partial charge >= 0.3 is 0 Å². The number of aryl methyl sites for hydroxylation is 1. The molecule has 130 valence electrons. The fourth-order valence-electron chi connectivity index (χ4n) is 2.21. The van der Waals surface area contributed by atoms with E-state index < -0.39 is 0 Å². The average molecular weight is 322 g/mol. The second-order valence-electron chi connectivity index (χ2n) is 5.25. The minimum absolute atomic E-state index is 0.0689. The summed E-state index contributed by atoms with van der Waals surface area (Å²) in [7, 11) is 0. The molecular formula is C17H30N4O2. The molecule has 23 heavy (non-hydrogen) atoms. The maximum Gasteiger partial charge on any atom is 0.250 e. The zero-order valence-corrected chi connectivity index (χ0v) is 14.6. The Morgan fingerprint density at radius 3 is 2.78 bits per heavy atom. The molecule has 0 aromatic carbocycles. The highest BCUT2D eigenvalue weighted by Gasteiger charge is 1.99. The average Bonchev–Trinajstić information content (AvgIpc) is 2.53. The highest BCUT2D eigenvalue weighted by molar-refractivity contribution is 5.79. The number of aliphatic imine (C=N–C) groups is 1. The highest BCUT2D eigenvalue weighted by atomic mass is 16.5. The van der Waals surface area contributed by atoms with Crippen molar-refractivity contribution < 1.29 is 4.74 Å². The van der Waals surface area contributed by atoms with Gasteiger partial charge in [0.15, 0.2) is 5.96 Å². The van der Waals surface area contributed by atoms with Gasteiger partial charge in [-0.05, 0) is 39.7 Å². The molecule has 0 aliphatic rings. The minimum atomic E-state index is 0.0689. The number of nitrogens with zero attached hydrogens (tertiary/aromatic N) is 2. The van der Waals surface area contributed by atoms with Crippen LogP contribution in [0, 0.1) is 6.92 Å². The van der Waals surface area contributed by atoms with Crippen LogP contribution in [0.25, 0.3) is 0 Å². The predicted molar refractivity (Wildman–Crippen MR) is 95.1 cm³/mol. The van der Waals surface area contributed by atoms with Crippen LogP contribution in [-0.2, 0) is 11.3 Å². The molecule has 2 N–H and O–H groups in total. The first-order chi connectivity index (χ1) is 11.2. The van der Waals surface area contributed by atoms with Gasteiger partial charge in [0.1, 0.15) is 0 Å². The molecule has 0 saturated heterocycles. The van der Waals surface area contributed by atoms with E-state index in [1.807, 2.05) is 31.4 Å². The van der Waals surface area contributed by atoms with Crippen LogP contribution in [-0.4, -0.2) is 43.4 Å². The van der Waals surface area contributed by atoms with E-state index in [1.165, 1.54) is 0 Å². The van der Waals surface area contributed by atoms with Crippen LogP contribution in [0.1, 0.15) is 32.4 Å². The van der Waals surface area contributed by atoms with E-state index >= 15 is 0 Å². The summed E-state index contributed by atoms with van der Waals surface area (Å²) in [4.78, 5) is 16.3. The van der Waals surface area contributed by atoms with Crippen molar-refractivity contribution in [3.63, 3.8) is 0 Å². The topological polar surface area (TPSA) is 67.7 Å². The van der Waals surface area contributed by atoms with Gasteiger partial charge in [0.2, 0.25) is 0 Å². The third-order valence-electron chi connectivity index (χ3n) is 3.41. The number of hydrogen-bond acceptors (Lipinski definition) is 3. The molecule has 1 aromatic heterocycles. The summed E-state index contributed by atoms with van der Waals surface area (Å²) in [5.74, 6) is 0.820. The first-order valence-electron chi connectivity index (χ1n) is 8.45. The Morgan fingerprint density at radius 1 is 1.26 bits per heavy atom. The molecule has 1 heterocycles. The smallest absolute Gasteiger partial charge is 0.250 e. The largest absolute Gasteiger partial charge is 0.380 e. The Bertz CT molecular complexity index is 526. The molecule has 0 saturated carbocycles. The van der Waals surface area contributed by atoms with E-state index in [2.05, 4.69) is 15.6 Å². The van der Waals surface area contributed by atoms with E-state index in [-0.39, 0.29) is 5.56 Å². The standard InChI is InChI=1S/C17H30N4O2/c1-4-18-17(20-12-14-23-5-2)19-11-6-7-13-21-15(3)9-8-10-16(21)22/h8-10H,4-7,11-14H2,1-3H3,(H2,18,19,20). The lowest BCUT2D eigenvalue weighted by molar-refractivity contribution is 0.152. The molecule has 1 rings (SSSR count). The second kappa shape index (κ2) is 11.7. The van der Waals surface area contributed by atoms with Crippen LogP contribution >= 0.6 is 0 Å². The number of aromatic nitrogens is 1. The fourth-order valence-corrected chi connectivity index (χ4v) is 2.21. The zero-order chi connectivity index (χ0) is 16.9. The van der Waals surface area contributed by atoms with Gasteiger partial charge in [0.05, 0.1) is 6.61 Å². The number of unbranched alkanes of at least 4 members (excludes halogenated alkanes) is 1. The van der Waals surface area contributed by atoms with Crippen LogP contribution in [0.15, 0.2) is 28.0 Å². The number of guanidine groups is 1. The lowest BCUT2D eigenvalue weighted by atomic mass is 10.3. The molecule has 0 atom stereocenters. The molecule has 0 spiro atoms. The first kappa shape index (κ1) is 19.2. The van der Waals surface area contributed by atoms with Gasteiger partial charge < -0.3 is 19.9 Å². The van der Waals surface area contributed by atoms with Crippen molar-refractivity contribution in [3.8, 4) is 0 Å². The summed E-state index contributed by atoms with van der Waals surface area (Å²) in [5, 5.41) is 6.46. The predicted octanol–water partition coefficient (Wildman–Crippen LogP) is 1.53. The quantitative estimate of drug-likeness (QED) is 0.389. The van der Waals surface area contributed by atoms with Crippen molar-refractivity contribution in [1.82, 2.24) is 15.2 Å². The summed E-state index contributed by atoms with van der Waals surface area (Å²) in [6, 6.07) is 5.37. The molecule has 0 aliphatic carbocycles. The number of nitrogens with one attached hydrogen (secondary N) is 2. The van der Waals surface area contributed by atoms with Crippen molar-refractivity contribution in [3.05, 3.63) is 34.2 Å². The Kier molecular flexibility index (Phi) is 9.79. The summed E-state index contributed by atoms with van der Waals surface area (Å²) in [5.41, 5.74) is 1.08. The van der Waals surface area contributed by atoms with E-state index in [1.54, 1.807) is 12.1 Å². The molecule has 0 amide bonds. The number of hydrogen-bond donors (Lipinski definition) is 2. The Morgan fingerprint density at radius 2 is 2.09 bits per heavy atom. The summed E-state index contributed by atoms with van der Waals surface area (Å²) >= 11 is 0. The van der Waals surface area contributed by atoms with Crippen LogP contribution in [0.5, 0.6) is 0 Å². The molecule has 0 aliphatic heterocycles. The van der Waals surface area contributed by atoms with Crippen LogP contribution in [0.3, 0.4) is 0 Å². The monoisotopic (exact) mass is 322 g/mol. The van der Waals surface area contributed by atoms with Crippen molar-refractivity contribution >= 4 is 5.96 Å². The number of ether oxygens (including phenoxy) is 1. The molecule has 6 nitrogen and oxygen atoms in total. The van der Waals surface area contributed by atoms with Gasteiger partial charge in [-0.2, -0.15) is 0 Å². The van der Waals surface area contributed by atoms with Gasteiger partial charge in [-0.3, -0.25) is 9.79 Å². The Labute approximate surface area is 139 Å². The van der Waals surface area contributed by atoms with Crippen molar-refractivity contribution in [1.29, 1.82) is 0 Å². The van der Waals surface area contributed by atoms with Crippen LogP contribution < -0.4 is 16.2 Å². The van der Waals surface area contributed by atoms with Gasteiger partial charge in [-0.15, -0.1) is 0 Å². The maximum absolute atomic E-state index is 11.8. The SMILES string of the molecule is CCNC(=NCCCCn1c(C)cccc1=O)NCCOCC. The van der Waals surface area contributed by atoms with Gasteiger partial charge in [-0.1, -0.05) is 6.07 Å². The van der Waals surface area contributed by atoms with E-state index in [9.17, 15) is 4.79 Å². The van der Waals surface area contributed by atoms with Gasteiger partial charge in [0.25, 0.3) is 5.56 Å². The lowest BCUT2D eigenvalue weighted by Crippen LogP contribution is -2.39. The van der Waals surface area contributed by atoms with Gasteiger partial charge in [-0.25, -0.2) is 0 Å².